The van der Waals surface area contributed by atoms with Crippen molar-refractivity contribution < 1.29 is 4.79 Å². The van der Waals surface area contributed by atoms with Gasteiger partial charge in [0.1, 0.15) is 0 Å². The van der Waals surface area contributed by atoms with Gasteiger partial charge in [-0.1, -0.05) is 24.3 Å². The van der Waals surface area contributed by atoms with Crippen LogP contribution in [-0.2, 0) is 6.54 Å². The summed E-state index contributed by atoms with van der Waals surface area (Å²) in [5.41, 5.74) is 3.00. The van der Waals surface area contributed by atoms with Crippen LogP contribution in [0.5, 0.6) is 0 Å². The Bertz CT molecular complexity index is 581. The lowest BCUT2D eigenvalue weighted by atomic mass is 9.86. The van der Waals surface area contributed by atoms with Crippen LogP contribution < -0.4 is 5.32 Å². The molecule has 1 N–H and O–H groups in total. The molecule has 4 rings (SSSR count). The fourth-order valence-corrected chi connectivity index (χ4v) is 4.21. The third kappa shape index (κ3) is 3.23. The smallest absolute Gasteiger partial charge is 0.317 e. The molecule has 0 radical (unpaired) electrons. The fourth-order valence-electron chi connectivity index (χ4n) is 4.21. The Morgan fingerprint density at radius 2 is 1.91 bits per heavy atom. The van der Waals surface area contributed by atoms with Gasteiger partial charge in [0.25, 0.3) is 0 Å². The summed E-state index contributed by atoms with van der Waals surface area (Å²) >= 11 is 0. The van der Waals surface area contributed by atoms with Gasteiger partial charge in [-0.25, -0.2) is 4.79 Å². The summed E-state index contributed by atoms with van der Waals surface area (Å²) in [6.07, 6.45) is 5.06. The van der Waals surface area contributed by atoms with Crippen LogP contribution in [-0.4, -0.2) is 49.1 Å². The van der Waals surface area contributed by atoms with Crippen molar-refractivity contribution in [1.82, 2.24) is 15.1 Å². The minimum Gasteiger partial charge on any atom is -0.334 e. The van der Waals surface area contributed by atoms with Gasteiger partial charge in [0, 0.05) is 31.6 Å². The summed E-state index contributed by atoms with van der Waals surface area (Å²) in [6.45, 7) is 4.76. The largest absolute Gasteiger partial charge is 0.334 e. The summed E-state index contributed by atoms with van der Waals surface area (Å²) in [7, 11) is 2.18. The highest BCUT2D eigenvalue weighted by molar-refractivity contribution is 5.74. The van der Waals surface area contributed by atoms with Crippen LogP contribution in [0.2, 0.25) is 0 Å². The molecule has 124 valence electrons. The molecule has 0 aromatic heterocycles. The van der Waals surface area contributed by atoms with Crippen molar-refractivity contribution in [2.45, 2.75) is 38.1 Å². The fraction of sp³-hybridized carbons (Fsp3) is 0.632. The molecular formula is C19H27N3O. The van der Waals surface area contributed by atoms with Gasteiger partial charge in [-0.15, -0.1) is 0 Å². The van der Waals surface area contributed by atoms with Crippen LogP contribution in [0, 0.1) is 5.41 Å². The highest BCUT2D eigenvalue weighted by Crippen LogP contribution is 2.40. The Hall–Kier alpha value is -1.55. The first-order chi connectivity index (χ1) is 11.1. The number of amides is 2. The van der Waals surface area contributed by atoms with Gasteiger partial charge in [-0.05, 0) is 56.3 Å². The van der Waals surface area contributed by atoms with E-state index in [0.29, 0.717) is 12.0 Å². The van der Waals surface area contributed by atoms with Crippen molar-refractivity contribution in [2.24, 2.45) is 5.41 Å². The first-order valence-corrected chi connectivity index (χ1v) is 8.94. The third-order valence-corrected chi connectivity index (χ3v) is 5.83. The zero-order chi connectivity index (χ0) is 15.9. The molecule has 3 fully saturated rings. The van der Waals surface area contributed by atoms with E-state index in [1.54, 1.807) is 0 Å². The van der Waals surface area contributed by atoms with Crippen LogP contribution in [0.15, 0.2) is 24.3 Å². The Morgan fingerprint density at radius 1 is 1.17 bits per heavy atom. The average molecular weight is 313 g/mol. The van der Waals surface area contributed by atoms with Gasteiger partial charge >= 0.3 is 6.03 Å². The number of hydrogen-bond acceptors (Lipinski definition) is 2. The highest BCUT2D eigenvalue weighted by Gasteiger charge is 2.43. The number of rotatable bonds is 3. The van der Waals surface area contributed by atoms with Crippen molar-refractivity contribution in [3.63, 3.8) is 0 Å². The van der Waals surface area contributed by atoms with E-state index in [1.165, 1.54) is 36.9 Å². The first-order valence-electron chi connectivity index (χ1n) is 8.94. The van der Waals surface area contributed by atoms with Gasteiger partial charge in [0.2, 0.25) is 0 Å². The Labute approximate surface area is 138 Å². The van der Waals surface area contributed by atoms with E-state index in [0.717, 1.165) is 32.0 Å². The third-order valence-electron chi connectivity index (χ3n) is 5.83. The molecule has 2 heterocycles. The standard InChI is InChI=1S/C19H27N3O/c1-21-10-8-19(13-21)9-11-22(14-19)18(23)20-12-15-2-4-16(5-3-15)17-6-7-17/h2-5,17H,6-14H2,1H3,(H,20,23). The van der Waals surface area contributed by atoms with Crippen molar-refractivity contribution >= 4 is 6.03 Å². The number of hydrogen-bond donors (Lipinski definition) is 1. The molecule has 1 aromatic rings. The number of benzene rings is 1. The molecule has 1 aromatic carbocycles. The number of nitrogens with one attached hydrogen (secondary N) is 1. The van der Waals surface area contributed by atoms with Crippen LogP contribution in [0.3, 0.4) is 0 Å². The van der Waals surface area contributed by atoms with Crippen LogP contribution in [0.4, 0.5) is 4.79 Å². The van der Waals surface area contributed by atoms with E-state index in [-0.39, 0.29) is 6.03 Å². The first kappa shape index (κ1) is 15.0. The lowest BCUT2D eigenvalue weighted by Gasteiger charge is -2.24. The molecule has 1 unspecified atom stereocenters. The Morgan fingerprint density at radius 3 is 2.57 bits per heavy atom. The number of nitrogens with zero attached hydrogens (tertiary/aromatic N) is 2. The SMILES string of the molecule is CN1CCC2(CCN(C(=O)NCc3ccc(C4CC4)cc3)C2)C1. The molecule has 1 spiro atoms. The second-order valence-electron chi connectivity index (χ2n) is 7.83. The van der Waals surface area contributed by atoms with Crippen molar-refractivity contribution in [1.29, 1.82) is 0 Å². The van der Waals surface area contributed by atoms with Crippen LogP contribution in [0.1, 0.15) is 42.7 Å². The van der Waals surface area contributed by atoms with E-state index >= 15 is 0 Å². The minimum atomic E-state index is 0.0997. The summed E-state index contributed by atoms with van der Waals surface area (Å²) in [5, 5.41) is 3.10. The predicted octanol–water partition coefficient (Wildman–Crippen LogP) is 2.80. The summed E-state index contributed by atoms with van der Waals surface area (Å²) in [4.78, 5) is 16.8. The van der Waals surface area contributed by atoms with Gasteiger partial charge in [-0.3, -0.25) is 0 Å². The van der Waals surface area contributed by atoms with E-state index in [1.807, 2.05) is 4.90 Å². The topological polar surface area (TPSA) is 35.6 Å². The molecular weight excluding hydrogens is 286 g/mol. The summed E-state index contributed by atoms with van der Waals surface area (Å²) in [6, 6.07) is 8.86. The molecule has 2 aliphatic heterocycles. The molecule has 23 heavy (non-hydrogen) atoms. The number of carbonyl (C=O) groups is 1. The molecule has 1 aliphatic carbocycles. The maximum Gasteiger partial charge on any atom is 0.317 e. The molecule has 1 atom stereocenters. The highest BCUT2D eigenvalue weighted by atomic mass is 16.2. The second kappa shape index (κ2) is 5.82. The number of urea groups is 1. The molecule has 0 bridgehead atoms. The van der Waals surface area contributed by atoms with Gasteiger partial charge in [0.15, 0.2) is 0 Å². The molecule has 4 nitrogen and oxygen atoms in total. The van der Waals surface area contributed by atoms with Crippen molar-refractivity contribution in [3.8, 4) is 0 Å². The lowest BCUT2D eigenvalue weighted by Crippen LogP contribution is -2.40. The summed E-state index contributed by atoms with van der Waals surface area (Å²) in [5.74, 6) is 0.795. The molecule has 1 saturated carbocycles. The molecule has 2 saturated heterocycles. The summed E-state index contributed by atoms with van der Waals surface area (Å²) < 4.78 is 0. The zero-order valence-corrected chi connectivity index (χ0v) is 14.1. The Balaban J connectivity index is 1.28. The van der Waals surface area contributed by atoms with Crippen molar-refractivity contribution in [2.75, 3.05) is 33.2 Å². The number of likely N-dealkylation sites (tertiary alicyclic amines) is 2. The predicted molar refractivity (Wildman–Crippen MR) is 91.4 cm³/mol. The zero-order valence-electron chi connectivity index (χ0n) is 14.1. The van der Waals surface area contributed by atoms with Gasteiger partial charge < -0.3 is 15.1 Å². The monoisotopic (exact) mass is 313 g/mol. The normalized spacial score (nSPS) is 27.8. The molecule has 3 aliphatic rings. The maximum absolute atomic E-state index is 12.4. The molecule has 2 amide bonds. The average Bonchev–Trinajstić information content (AvgIpc) is 3.24. The van der Waals surface area contributed by atoms with E-state index < -0.39 is 0 Å². The van der Waals surface area contributed by atoms with Gasteiger partial charge in [0.05, 0.1) is 0 Å². The van der Waals surface area contributed by atoms with E-state index in [4.69, 9.17) is 0 Å². The quantitative estimate of drug-likeness (QED) is 0.931. The van der Waals surface area contributed by atoms with Crippen molar-refractivity contribution in [3.05, 3.63) is 35.4 Å². The maximum atomic E-state index is 12.4. The van der Waals surface area contributed by atoms with E-state index in [2.05, 4.69) is 41.5 Å². The molecule has 4 heteroatoms. The van der Waals surface area contributed by atoms with E-state index in [9.17, 15) is 4.79 Å². The minimum absolute atomic E-state index is 0.0997. The van der Waals surface area contributed by atoms with Gasteiger partial charge in [-0.2, -0.15) is 0 Å². The Kier molecular flexibility index (Phi) is 3.80. The van der Waals surface area contributed by atoms with Crippen LogP contribution in [0.25, 0.3) is 0 Å². The number of carbonyl (C=O) groups excluding carboxylic acids is 1. The second-order valence-corrected chi connectivity index (χ2v) is 7.83. The van der Waals surface area contributed by atoms with Crippen LogP contribution >= 0.6 is 0 Å². The lowest BCUT2D eigenvalue weighted by molar-refractivity contribution is 0.199.